The first-order valence-electron chi connectivity index (χ1n) is 8.01. The van der Waals surface area contributed by atoms with Gasteiger partial charge < -0.3 is 58.7 Å². The zero-order valence-electron chi connectivity index (χ0n) is 16.4. The third-order valence-corrected chi connectivity index (χ3v) is 6.61. The van der Waals surface area contributed by atoms with Gasteiger partial charge >= 0.3 is 46.9 Å². The zero-order chi connectivity index (χ0) is 28.7. The number of hydrogen-bond acceptors (Lipinski definition) is 12. The molecule has 1 fully saturated rings. The van der Waals surface area contributed by atoms with Gasteiger partial charge in [0.2, 0.25) is 0 Å². The summed E-state index contributed by atoms with van der Waals surface area (Å²) in [6, 6.07) is 0. The van der Waals surface area contributed by atoms with E-state index in [-0.39, 0.29) is 0 Å². The topological polar surface area (TPSA) is 401 Å². The summed E-state index contributed by atoms with van der Waals surface area (Å²) in [5.41, 5.74) is 0. The number of phosphoric acid groups is 6. The molecule has 24 nitrogen and oxygen atoms in total. The van der Waals surface area contributed by atoms with Crippen LogP contribution in [0.5, 0.6) is 0 Å². The summed E-state index contributed by atoms with van der Waals surface area (Å²) in [4.78, 5) is 110. The fourth-order valence-corrected chi connectivity index (χ4v) is 6.14. The molecular formula is C6H18O24P6. The van der Waals surface area contributed by atoms with Gasteiger partial charge in [-0.25, -0.2) is 27.4 Å². The molecule has 0 radical (unpaired) electrons. The van der Waals surface area contributed by atoms with E-state index in [1.165, 1.54) is 0 Å². The monoisotopic (exact) mass is 660 g/mol. The summed E-state index contributed by atoms with van der Waals surface area (Å²) in [6.07, 6.45) is -18.9. The van der Waals surface area contributed by atoms with E-state index in [4.69, 9.17) is 58.7 Å². The van der Waals surface area contributed by atoms with Crippen LogP contribution >= 0.6 is 46.9 Å². The van der Waals surface area contributed by atoms with E-state index in [2.05, 4.69) is 27.1 Å². The van der Waals surface area contributed by atoms with Crippen molar-refractivity contribution in [3.8, 4) is 0 Å². The molecule has 12 N–H and O–H groups in total. The molecule has 0 aromatic rings. The first kappa shape index (κ1) is 34.7. The predicted octanol–water partition coefficient (Wildman–Crippen LogP) is -3.13. The van der Waals surface area contributed by atoms with E-state index in [1.807, 2.05) is 0 Å². The number of rotatable bonds is 12. The normalized spacial score (nSPS) is 29.3. The molecule has 36 heavy (non-hydrogen) atoms. The van der Waals surface area contributed by atoms with Crippen molar-refractivity contribution in [3.05, 3.63) is 0 Å². The highest BCUT2D eigenvalue weighted by Gasteiger charge is 2.62. The van der Waals surface area contributed by atoms with Gasteiger partial charge in [-0.2, -0.15) is 0 Å². The molecule has 1 saturated carbocycles. The molecule has 216 valence electrons. The van der Waals surface area contributed by atoms with Crippen LogP contribution in [0.25, 0.3) is 0 Å². The van der Waals surface area contributed by atoms with Gasteiger partial charge in [0.15, 0.2) is 0 Å². The van der Waals surface area contributed by atoms with E-state index in [0.29, 0.717) is 0 Å². The van der Waals surface area contributed by atoms with Crippen molar-refractivity contribution in [3.63, 3.8) is 0 Å². The van der Waals surface area contributed by atoms with E-state index < -0.39 is 83.6 Å². The lowest BCUT2D eigenvalue weighted by Crippen LogP contribution is -2.66. The first-order valence-corrected chi connectivity index (χ1v) is 17.2. The van der Waals surface area contributed by atoms with Crippen LogP contribution in [-0.4, -0.2) is 95.3 Å². The van der Waals surface area contributed by atoms with Crippen LogP contribution in [-0.2, 0) is 54.5 Å². The summed E-state index contributed by atoms with van der Waals surface area (Å²) >= 11 is 0. The molecule has 0 bridgehead atoms. The molecule has 1 aliphatic rings. The van der Waals surface area contributed by atoms with Gasteiger partial charge in [-0.3, -0.25) is 27.1 Å². The minimum Gasteiger partial charge on any atom is -0.303 e. The van der Waals surface area contributed by atoms with Gasteiger partial charge in [0.1, 0.15) is 36.6 Å². The molecular weight excluding hydrogens is 642 g/mol. The largest absolute Gasteiger partial charge is 0.470 e. The SMILES string of the molecule is O=P(O)(O)O[C@H]1[C@H](OP(=O)(O)O)[C@H](OP(=O)(O)O)[C@@H](OP(=O)(O)O)[C@H](OP(=O)(O)O)[C@H]1OP(=O)(O)O. The van der Waals surface area contributed by atoms with Gasteiger partial charge in [-0.05, 0) is 0 Å². The van der Waals surface area contributed by atoms with Gasteiger partial charge in [-0.15, -0.1) is 0 Å². The molecule has 0 aromatic carbocycles. The van der Waals surface area contributed by atoms with Crippen LogP contribution in [0, 0.1) is 0 Å². The number of phosphoric ester groups is 6. The van der Waals surface area contributed by atoms with E-state index in [1.54, 1.807) is 0 Å². The summed E-state index contributed by atoms with van der Waals surface area (Å²) in [5.74, 6) is 0. The Balaban J connectivity index is 4.04. The first-order chi connectivity index (χ1) is 15.6. The smallest absolute Gasteiger partial charge is 0.303 e. The fraction of sp³-hybridized carbons (Fsp3) is 1.00. The summed E-state index contributed by atoms with van der Waals surface area (Å²) in [7, 11) is -36.1. The van der Waals surface area contributed by atoms with Crippen LogP contribution in [0.3, 0.4) is 0 Å². The Morgan fingerprint density at radius 2 is 0.361 bits per heavy atom. The van der Waals surface area contributed by atoms with Crippen molar-refractivity contribution in [1.29, 1.82) is 0 Å². The molecule has 30 heteroatoms. The maximum atomic E-state index is 11.4. The van der Waals surface area contributed by atoms with Crippen molar-refractivity contribution < 1.29 is 113 Å². The molecule has 0 aliphatic heterocycles. The molecule has 0 atom stereocenters. The second kappa shape index (κ2) is 11.6. The highest BCUT2D eigenvalue weighted by Crippen LogP contribution is 2.57. The average molecular weight is 660 g/mol. The Labute approximate surface area is 197 Å². The molecule has 0 heterocycles. The molecule has 0 amide bonds. The second-order valence-corrected chi connectivity index (χ2v) is 13.5. The predicted molar refractivity (Wildman–Crippen MR) is 102 cm³/mol. The average Bonchev–Trinajstić information content (AvgIpc) is 2.51. The van der Waals surface area contributed by atoms with E-state index in [9.17, 15) is 27.4 Å². The lowest BCUT2D eigenvalue weighted by molar-refractivity contribution is -0.202. The molecule has 0 spiro atoms. The van der Waals surface area contributed by atoms with Crippen molar-refractivity contribution >= 4 is 46.9 Å². The second-order valence-electron chi connectivity index (χ2n) is 6.36. The number of hydrogen-bond donors (Lipinski definition) is 12. The van der Waals surface area contributed by atoms with Crippen molar-refractivity contribution in [2.45, 2.75) is 36.6 Å². The molecule has 1 rings (SSSR count). The Bertz CT molecular complexity index is 818. The Morgan fingerprint density at radius 1 is 0.278 bits per heavy atom. The quantitative estimate of drug-likeness (QED) is 0.0920. The maximum Gasteiger partial charge on any atom is 0.470 e. The van der Waals surface area contributed by atoms with Gasteiger partial charge in [0, 0.05) is 0 Å². The fourth-order valence-electron chi connectivity index (χ4n) is 2.79. The van der Waals surface area contributed by atoms with Gasteiger partial charge in [-0.1, -0.05) is 0 Å². The van der Waals surface area contributed by atoms with E-state index in [0.717, 1.165) is 0 Å². The van der Waals surface area contributed by atoms with Crippen LogP contribution in [0.4, 0.5) is 0 Å². The standard InChI is InChI=1S/C6H18O24P6/c7-31(8,9)25-1-2(26-32(10,11)12)4(28-34(16,17)18)6(30-36(22,23)24)5(29-35(19,20)21)3(1)27-33(13,14)15/h1-6H,(H2,7,8,9)(H2,10,11,12)(H2,13,14,15)(H2,16,17,18)(H2,19,20,21)(H2,22,23,24)/t1-,2-,3-,4-,5+,6+/m0/s1. The Morgan fingerprint density at radius 3 is 0.417 bits per heavy atom. The Hall–Kier alpha value is 0.660. The third kappa shape index (κ3) is 13.1. The highest BCUT2D eigenvalue weighted by atomic mass is 31.2. The summed E-state index contributed by atoms with van der Waals surface area (Å²) < 4.78 is 93.1. The molecule has 0 aromatic heterocycles. The van der Waals surface area contributed by atoms with Crippen LogP contribution < -0.4 is 0 Å². The lowest BCUT2D eigenvalue weighted by Gasteiger charge is -2.48. The summed E-state index contributed by atoms with van der Waals surface area (Å²) in [5, 5.41) is 0. The third-order valence-electron chi connectivity index (χ3n) is 3.50. The molecule has 0 saturated heterocycles. The Kier molecular flexibility index (Phi) is 11.2. The van der Waals surface area contributed by atoms with Gasteiger partial charge in [0.05, 0.1) is 0 Å². The lowest BCUT2D eigenvalue weighted by atomic mass is 9.85. The van der Waals surface area contributed by atoms with Crippen LogP contribution in [0.1, 0.15) is 0 Å². The van der Waals surface area contributed by atoms with Gasteiger partial charge in [0.25, 0.3) is 0 Å². The van der Waals surface area contributed by atoms with Crippen LogP contribution in [0.2, 0.25) is 0 Å². The molecule has 0 unspecified atom stereocenters. The molecule has 1 aliphatic carbocycles. The highest BCUT2D eigenvalue weighted by molar-refractivity contribution is 7.47. The van der Waals surface area contributed by atoms with Crippen molar-refractivity contribution in [1.82, 2.24) is 0 Å². The van der Waals surface area contributed by atoms with Crippen molar-refractivity contribution in [2.24, 2.45) is 0 Å². The van der Waals surface area contributed by atoms with Crippen molar-refractivity contribution in [2.75, 3.05) is 0 Å². The summed E-state index contributed by atoms with van der Waals surface area (Å²) in [6.45, 7) is 0. The minimum absolute atomic E-state index is 3.14. The van der Waals surface area contributed by atoms with E-state index >= 15 is 0 Å². The minimum atomic E-state index is -6.02. The van der Waals surface area contributed by atoms with Crippen LogP contribution in [0.15, 0.2) is 0 Å². The maximum absolute atomic E-state index is 11.4. The zero-order valence-corrected chi connectivity index (χ0v) is 21.8.